The minimum atomic E-state index is -0.142. The van der Waals surface area contributed by atoms with Gasteiger partial charge in [-0.2, -0.15) is 0 Å². The van der Waals surface area contributed by atoms with Crippen LogP contribution in [0, 0.1) is 0 Å². The summed E-state index contributed by atoms with van der Waals surface area (Å²) in [4.78, 5) is 25.0. The first-order valence-electron chi connectivity index (χ1n) is 22.8. The van der Waals surface area contributed by atoms with E-state index in [1.54, 1.807) is 11.8 Å². The highest BCUT2D eigenvalue weighted by Gasteiger charge is 2.36. The van der Waals surface area contributed by atoms with Crippen molar-refractivity contribution >= 4 is 62.9 Å². The van der Waals surface area contributed by atoms with Crippen molar-refractivity contribution in [3.05, 3.63) is 230 Å². The van der Waals surface area contributed by atoms with Crippen LogP contribution < -0.4 is 19.4 Å². The number of hydrogen-bond acceptors (Lipinski definition) is 8. The Morgan fingerprint density at radius 3 is 1.06 bits per heavy atom. The molecule has 4 heterocycles. The van der Waals surface area contributed by atoms with Crippen molar-refractivity contribution in [1.29, 1.82) is 0 Å². The molecule has 0 fully saturated rings. The number of ether oxygens (including phenoxy) is 1. The summed E-state index contributed by atoms with van der Waals surface area (Å²) in [5.74, 6) is 3.40. The molecule has 0 aliphatic carbocycles. The molecule has 10 aromatic rings. The van der Waals surface area contributed by atoms with Crippen LogP contribution in [0.25, 0.3) is 34.2 Å². The highest BCUT2D eigenvalue weighted by molar-refractivity contribution is 7.99. The van der Waals surface area contributed by atoms with Gasteiger partial charge in [-0.05, 0) is 145 Å². The Hall–Kier alpha value is -8.46. The summed E-state index contributed by atoms with van der Waals surface area (Å²) in [5, 5.41) is 0. The minimum Gasteiger partial charge on any atom is -0.453 e. The zero-order valence-electron chi connectivity index (χ0n) is 37.3. The summed E-state index contributed by atoms with van der Waals surface area (Å²) >= 11 is 1.81. The standard InChI is InChI=1S/C60H42N6OS/c1-60(2)45-15-3-5-17-47(45)64(48-18-6-4-16-46(48)60)42-33-27-39(28-34-42)57-61-58(40-29-35-43(36-30-40)65-49-19-7-11-23-53(49)67-54-24-12-8-20-50(54)65)63-59(62-57)41-31-37-44(38-32-41)66-51-21-9-13-25-55(51)68-56-26-14-10-22-52(56)66/h3-38H,1-2H3. The second-order valence-electron chi connectivity index (χ2n) is 17.7. The van der Waals surface area contributed by atoms with Crippen LogP contribution in [0.15, 0.2) is 228 Å². The zero-order chi connectivity index (χ0) is 45.3. The van der Waals surface area contributed by atoms with E-state index in [1.165, 1.54) is 32.3 Å². The van der Waals surface area contributed by atoms with Crippen molar-refractivity contribution < 1.29 is 4.74 Å². The molecule has 0 amide bonds. The van der Waals surface area contributed by atoms with Gasteiger partial charge in [0.1, 0.15) is 0 Å². The lowest BCUT2D eigenvalue weighted by atomic mass is 9.73. The monoisotopic (exact) mass is 894 g/mol. The van der Waals surface area contributed by atoms with Crippen LogP contribution >= 0.6 is 11.8 Å². The first-order chi connectivity index (χ1) is 33.5. The normalized spacial score (nSPS) is 13.8. The molecule has 3 aliphatic heterocycles. The quantitative estimate of drug-likeness (QED) is 0.164. The average molecular weight is 895 g/mol. The van der Waals surface area contributed by atoms with Crippen molar-refractivity contribution in [3.63, 3.8) is 0 Å². The molecule has 0 atom stereocenters. The van der Waals surface area contributed by atoms with Crippen molar-refractivity contribution in [2.45, 2.75) is 29.1 Å². The van der Waals surface area contributed by atoms with E-state index >= 15 is 0 Å². The van der Waals surface area contributed by atoms with Crippen molar-refractivity contribution in [2.75, 3.05) is 14.7 Å². The van der Waals surface area contributed by atoms with Gasteiger partial charge in [-0.25, -0.2) is 15.0 Å². The molecule has 9 aromatic carbocycles. The maximum absolute atomic E-state index is 6.31. The first-order valence-corrected chi connectivity index (χ1v) is 23.7. The summed E-state index contributed by atoms with van der Waals surface area (Å²) < 4.78 is 6.31. The zero-order valence-corrected chi connectivity index (χ0v) is 38.1. The summed E-state index contributed by atoms with van der Waals surface area (Å²) in [7, 11) is 0. The fourth-order valence-corrected chi connectivity index (χ4v) is 11.0. The molecule has 7 nitrogen and oxygen atoms in total. The summed E-state index contributed by atoms with van der Waals surface area (Å²) in [6, 6.07) is 76.6. The summed E-state index contributed by atoms with van der Waals surface area (Å²) in [6.45, 7) is 4.63. The van der Waals surface area contributed by atoms with E-state index in [0.29, 0.717) is 17.5 Å². The highest BCUT2D eigenvalue weighted by atomic mass is 32.2. The molecule has 68 heavy (non-hydrogen) atoms. The predicted octanol–water partition coefficient (Wildman–Crippen LogP) is 16.5. The van der Waals surface area contributed by atoms with Crippen molar-refractivity contribution in [3.8, 4) is 45.7 Å². The minimum absolute atomic E-state index is 0.142. The molecule has 0 bridgehead atoms. The maximum Gasteiger partial charge on any atom is 0.164 e. The van der Waals surface area contributed by atoms with Gasteiger partial charge in [0.05, 0.1) is 34.1 Å². The van der Waals surface area contributed by atoms with Crippen molar-refractivity contribution in [2.24, 2.45) is 0 Å². The van der Waals surface area contributed by atoms with Gasteiger partial charge in [0.2, 0.25) is 0 Å². The van der Waals surface area contributed by atoms with Crippen LogP contribution in [-0.4, -0.2) is 15.0 Å². The maximum atomic E-state index is 6.31. The van der Waals surface area contributed by atoms with Gasteiger partial charge in [-0.15, -0.1) is 0 Å². The largest absolute Gasteiger partial charge is 0.453 e. The molecule has 0 radical (unpaired) electrons. The van der Waals surface area contributed by atoms with Gasteiger partial charge in [0.15, 0.2) is 29.0 Å². The molecule has 0 saturated heterocycles. The fourth-order valence-electron chi connectivity index (χ4n) is 9.95. The van der Waals surface area contributed by atoms with E-state index in [0.717, 1.165) is 68.0 Å². The Labute approximate surface area is 399 Å². The molecule has 0 saturated carbocycles. The number of anilines is 9. The molecule has 0 N–H and O–H groups in total. The lowest BCUT2D eigenvalue weighted by Crippen LogP contribution is -2.30. The number of benzene rings is 9. The molecule has 0 spiro atoms. The number of rotatable bonds is 6. The Balaban J connectivity index is 0.905. The van der Waals surface area contributed by atoms with Crippen LogP contribution in [-0.2, 0) is 5.41 Å². The lowest BCUT2D eigenvalue weighted by Gasteiger charge is -2.42. The van der Waals surface area contributed by atoms with Crippen molar-refractivity contribution in [1.82, 2.24) is 15.0 Å². The molecular weight excluding hydrogens is 853 g/mol. The highest BCUT2D eigenvalue weighted by Crippen LogP contribution is 2.54. The summed E-state index contributed by atoms with van der Waals surface area (Å²) in [5.41, 5.74) is 14.9. The number of aromatic nitrogens is 3. The smallest absolute Gasteiger partial charge is 0.164 e. The molecule has 13 rings (SSSR count). The van der Waals surface area contributed by atoms with Crippen LogP contribution in [0.3, 0.4) is 0 Å². The first kappa shape index (κ1) is 39.9. The van der Waals surface area contributed by atoms with E-state index in [1.807, 2.05) is 36.4 Å². The van der Waals surface area contributed by atoms with E-state index in [4.69, 9.17) is 19.7 Å². The lowest BCUT2D eigenvalue weighted by molar-refractivity contribution is 0.477. The third-order valence-electron chi connectivity index (χ3n) is 13.3. The fraction of sp³-hybridized carbons (Fsp3) is 0.0500. The number of nitrogens with zero attached hydrogens (tertiary/aromatic N) is 6. The number of para-hydroxylation sites is 8. The van der Waals surface area contributed by atoms with E-state index in [9.17, 15) is 0 Å². The molecule has 0 unspecified atom stereocenters. The van der Waals surface area contributed by atoms with Gasteiger partial charge in [-0.1, -0.05) is 111 Å². The Morgan fingerprint density at radius 2 is 0.647 bits per heavy atom. The third-order valence-corrected chi connectivity index (χ3v) is 14.4. The van der Waals surface area contributed by atoms with Crippen LogP contribution in [0.2, 0.25) is 0 Å². The Morgan fingerprint density at radius 1 is 0.338 bits per heavy atom. The van der Waals surface area contributed by atoms with Gasteiger partial charge in [-0.3, -0.25) is 0 Å². The average Bonchev–Trinajstić information content (AvgIpc) is 3.40. The van der Waals surface area contributed by atoms with E-state index in [2.05, 4.69) is 211 Å². The van der Waals surface area contributed by atoms with E-state index in [-0.39, 0.29) is 5.41 Å². The van der Waals surface area contributed by atoms with Crippen LogP contribution in [0.5, 0.6) is 11.5 Å². The van der Waals surface area contributed by atoms with Crippen LogP contribution in [0.1, 0.15) is 25.0 Å². The topological polar surface area (TPSA) is 57.6 Å². The Kier molecular flexibility index (Phi) is 9.30. The Bertz CT molecular complexity index is 3270. The predicted molar refractivity (Wildman–Crippen MR) is 277 cm³/mol. The molecular formula is C60H42N6OS. The van der Waals surface area contributed by atoms with Gasteiger partial charge in [0, 0.05) is 49.0 Å². The molecule has 8 heteroatoms. The second kappa shape index (κ2) is 15.9. The van der Waals surface area contributed by atoms with Gasteiger partial charge < -0.3 is 19.4 Å². The molecule has 324 valence electrons. The second-order valence-corrected chi connectivity index (χ2v) is 18.8. The summed E-state index contributed by atoms with van der Waals surface area (Å²) in [6.07, 6.45) is 0. The molecule has 3 aliphatic rings. The van der Waals surface area contributed by atoms with Gasteiger partial charge in [0.25, 0.3) is 0 Å². The number of fused-ring (bicyclic) bond motifs is 6. The van der Waals surface area contributed by atoms with Crippen LogP contribution in [0.4, 0.5) is 51.2 Å². The van der Waals surface area contributed by atoms with Gasteiger partial charge >= 0.3 is 0 Å². The van der Waals surface area contributed by atoms with E-state index < -0.39 is 0 Å². The SMILES string of the molecule is CC1(C)c2ccccc2N(c2ccc(-c3nc(-c4ccc(N5c6ccccc6Oc6ccccc65)cc4)nc(-c4ccc(N5c6ccccc6Sc6ccccc65)cc4)n3)cc2)c2ccccc21. The molecule has 1 aromatic heterocycles. The number of hydrogen-bond donors (Lipinski definition) is 0. The third kappa shape index (κ3) is 6.55.